The Morgan fingerprint density at radius 3 is 0.992 bits per heavy atom. The third kappa shape index (κ3) is 12.1. The molecule has 0 bridgehead atoms. The summed E-state index contributed by atoms with van der Waals surface area (Å²) in [4.78, 5) is 11.4. The van der Waals surface area contributed by atoms with E-state index >= 15 is 0 Å². The molecule has 0 N–H and O–H groups in total. The molecule has 6 aliphatic rings. The molecule has 0 radical (unpaired) electrons. The van der Waals surface area contributed by atoms with Crippen LogP contribution in [0, 0.1) is 6.57 Å². The smallest absolute Gasteiger partial charge is 0.306 e. The minimum absolute atomic E-state index is 0.260. The van der Waals surface area contributed by atoms with Gasteiger partial charge in [0.2, 0.25) is 0 Å². The van der Waals surface area contributed by atoms with E-state index in [1.807, 2.05) is 0 Å². The van der Waals surface area contributed by atoms with Crippen molar-refractivity contribution in [3.05, 3.63) is 544 Å². The topological polar surface area (TPSA) is 14.1 Å². The number of para-hydroxylation sites is 2. The first kappa shape index (κ1) is 79.5. The Kier molecular flexibility index (Phi) is 18.7. The van der Waals surface area contributed by atoms with Crippen molar-refractivity contribution in [2.24, 2.45) is 0 Å². The summed E-state index contributed by atoms with van der Waals surface area (Å²) in [7, 11) is -1.38. The molecule has 632 valence electrons. The van der Waals surface area contributed by atoms with Crippen LogP contribution in [-0.2, 0) is 35.5 Å². The van der Waals surface area contributed by atoms with Crippen molar-refractivity contribution in [1.29, 1.82) is 0 Å². The van der Waals surface area contributed by atoms with Crippen LogP contribution >= 0.6 is 0 Å². The molecule has 2 unspecified atom stereocenters. The molecule has 0 spiro atoms. The van der Waals surface area contributed by atoms with E-state index in [0.717, 1.165) is 37.2 Å². The second kappa shape index (κ2) is 31.3. The fourth-order valence-electron chi connectivity index (χ4n) is 24.5. The first-order chi connectivity index (χ1) is 65.5. The van der Waals surface area contributed by atoms with Gasteiger partial charge in [-0.1, -0.05) is 419 Å². The van der Waals surface area contributed by atoms with Gasteiger partial charge in [0, 0.05) is 41.0 Å². The zero-order valence-electron chi connectivity index (χ0n) is 75.0. The molecule has 0 saturated heterocycles. The Balaban J connectivity index is 0.000000107. The average molecular weight is 1720 g/mol. The monoisotopic (exact) mass is 1720 g/mol. The molecule has 3 aliphatic heterocycles. The molecule has 0 amide bonds. The molecule has 0 saturated carbocycles. The number of rotatable bonds is 10. The highest BCUT2D eigenvalue weighted by molar-refractivity contribution is 6.88. The van der Waals surface area contributed by atoms with Gasteiger partial charge in [0.15, 0.2) is 0 Å². The summed E-state index contributed by atoms with van der Waals surface area (Å²) in [6.45, 7) is 18.8. The Labute approximate surface area is 779 Å². The fraction of sp³-hybridized carbons (Fsp3) is 0.102. The van der Waals surface area contributed by atoms with Crippen LogP contribution in [0.3, 0.4) is 0 Å². The molecule has 0 aromatic heterocycles. The van der Waals surface area contributed by atoms with Crippen LogP contribution in [0.2, 0.25) is 19.6 Å². The number of hydrogen-bond donors (Lipinski definition) is 0. The Hall–Kier alpha value is -15.7. The van der Waals surface area contributed by atoms with Crippen LogP contribution < -0.4 is 19.9 Å². The first-order valence-electron chi connectivity index (χ1n) is 47.1. The van der Waals surface area contributed by atoms with E-state index in [9.17, 15) is 0 Å². The van der Waals surface area contributed by atoms with Gasteiger partial charge in [0.05, 0.1) is 36.4 Å². The molecule has 27 rings (SSSR count). The lowest BCUT2D eigenvalue weighted by molar-refractivity contribution is 0.750. The summed E-state index contributed by atoms with van der Waals surface area (Å²) >= 11 is 0. The van der Waals surface area contributed by atoms with Gasteiger partial charge in [-0.2, -0.15) is 0 Å². The van der Waals surface area contributed by atoms with Gasteiger partial charge in [0.1, 0.15) is 0 Å². The quantitative estimate of drug-likeness (QED) is 0.0770. The highest BCUT2D eigenvalue weighted by atomic mass is 28.3. The number of benzene rings is 21. The van der Waals surface area contributed by atoms with Crippen LogP contribution in [0.1, 0.15) is 90.4 Å². The molecule has 3 aliphatic carbocycles. The molecule has 3 heterocycles. The second-order valence-electron chi connectivity index (χ2n) is 38.1. The molecule has 2 atom stereocenters. The average Bonchev–Trinajstić information content (AvgIpc) is 1.54. The Bertz CT molecular complexity index is 8180. The Morgan fingerprint density at radius 1 is 0.271 bits per heavy atom. The second-order valence-corrected chi connectivity index (χ2v) is 43.2. The maximum Gasteiger partial charge on any atom is 0.306 e. The van der Waals surface area contributed by atoms with Gasteiger partial charge < -0.3 is 9.80 Å². The summed E-state index contributed by atoms with van der Waals surface area (Å²) in [5.41, 5.74) is 33.8. The normalized spacial score (nSPS) is 15.7. The maximum absolute atomic E-state index is 8.10. The third-order valence-corrected chi connectivity index (χ3v) is 32.3. The molecule has 21 aromatic rings. The van der Waals surface area contributed by atoms with Crippen molar-refractivity contribution < 1.29 is 0 Å². The van der Waals surface area contributed by atoms with Crippen LogP contribution in [0.25, 0.3) is 103 Å². The standard InChI is InChI=1S/C44H37NSi.C42H28N2.C42H31N/c1-46(2,3)35-20-25-42-31(28-35)26-27-45(42)34-19-22-39-41(29-34)44(32-13-6-4-7-14-32,33-15-8-5-9-16-33)40-24-23-37-36-17-11-10-12-30(36)18-21-38(37)43(39)40;1-43-40-26-29-13-9-11-19-39(29)44(40)32-21-23-36-38(27-32)42(30-14-4-2-5-15-30,31-16-6-3-7-17-31)37-25-24-34-33-18-10-8-12-28(33)20-22-35(34)41(36)37;1-28-26-30-13-9-11-19-40(30)43(28)33-21-23-37-39(27-33)42(31-14-4-2-5-15-31,32-16-6-3-7-17-32)38-25-24-35-34-18-10-8-12-29(34)20-22-36(35)41(37)38/h4-25,28-29H,26-27H2,1-3H3;2-25,27,40H,26H2;2-25,27-28H,26H2,1H3. The summed E-state index contributed by atoms with van der Waals surface area (Å²) in [6, 6.07) is 167. The lowest BCUT2D eigenvalue weighted by Crippen LogP contribution is -2.37. The van der Waals surface area contributed by atoms with Crippen LogP contribution in [0.5, 0.6) is 0 Å². The predicted molar refractivity (Wildman–Crippen MR) is 561 cm³/mol. The van der Waals surface area contributed by atoms with Gasteiger partial charge in [-0.3, -0.25) is 9.74 Å². The number of nitrogens with zero attached hydrogens (tertiary/aromatic N) is 4. The highest BCUT2D eigenvalue weighted by Gasteiger charge is 2.52. The van der Waals surface area contributed by atoms with Gasteiger partial charge in [0.25, 0.3) is 0 Å². The third-order valence-electron chi connectivity index (χ3n) is 30.3. The maximum atomic E-state index is 8.10. The van der Waals surface area contributed by atoms with E-state index in [1.54, 1.807) is 5.19 Å². The van der Waals surface area contributed by atoms with Gasteiger partial charge >= 0.3 is 6.17 Å². The highest BCUT2D eigenvalue weighted by Crippen LogP contribution is 2.64. The lowest BCUT2D eigenvalue weighted by Gasteiger charge is -2.35. The minimum Gasteiger partial charge on any atom is -0.341 e. The van der Waals surface area contributed by atoms with Crippen molar-refractivity contribution in [3.8, 4) is 33.4 Å². The van der Waals surface area contributed by atoms with Crippen molar-refractivity contribution in [1.82, 2.24) is 0 Å². The first-order valence-corrected chi connectivity index (χ1v) is 50.6. The molecule has 5 heteroatoms. The molecular formula is C128H96N4Si. The fourth-order valence-corrected chi connectivity index (χ4v) is 25.7. The number of hydrogen-bond acceptors (Lipinski definition) is 3. The predicted octanol–water partition coefficient (Wildman–Crippen LogP) is 31.3. The van der Waals surface area contributed by atoms with E-state index < -0.39 is 24.3 Å². The summed E-state index contributed by atoms with van der Waals surface area (Å²) in [5, 5.41) is 17.1. The van der Waals surface area contributed by atoms with E-state index in [4.69, 9.17) is 6.57 Å². The van der Waals surface area contributed by atoms with Crippen molar-refractivity contribution in [2.45, 2.75) is 74.3 Å². The molecule has 0 fully saturated rings. The minimum atomic E-state index is -1.38. The van der Waals surface area contributed by atoms with E-state index in [2.05, 4.69) is 495 Å². The largest absolute Gasteiger partial charge is 0.341 e. The van der Waals surface area contributed by atoms with Gasteiger partial charge in [-0.15, -0.1) is 0 Å². The molecule has 133 heavy (non-hydrogen) atoms. The van der Waals surface area contributed by atoms with Crippen LogP contribution in [0.4, 0.5) is 34.1 Å². The SMILES string of the molecule is CC1Cc2ccccc2N1c1ccc2c(c1)C(c1ccccc1)(c1ccccc1)c1ccc3c(ccc4ccccc43)c1-2.C[Si](C)(C)c1ccc2c(c1)CCN2c1ccc2c(c1)C(c1ccccc1)(c1ccccc1)c1ccc3c(ccc4ccccc43)c1-2.[C-]#[N+]C1Cc2ccccc2N1c1ccc2c(c1)C(c1ccccc1)(c1ccccc1)c1ccc3c(ccc4ccccc43)c1-2. The van der Waals surface area contributed by atoms with E-state index in [0.29, 0.717) is 6.04 Å². The van der Waals surface area contributed by atoms with Crippen molar-refractivity contribution in [2.75, 3.05) is 21.2 Å². The van der Waals surface area contributed by atoms with Crippen LogP contribution in [-0.4, -0.2) is 26.8 Å². The summed E-state index contributed by atoms with van der Waals surface area (Å²) in [6.07, 6.45) is 2.63. The number of anilines is 6. The van der Waals surface area contributed by atoms with E-state index in [1.165, 1.54) is 204 Å². The molecule has 21 aromatic carbocycles. The van der Waals surface area contributed by atoms with Crippen molar-refractivity contribution >= 4 is 112 Å². The van der Waals surface area contributed by atoms with Crippen LogP contribution in [0.15, 0.2) is 449 Å². The zero-order valence-corrected chi connectivity index (χ0v) is 76.0. The number of fused-ring (bicyclic) bond motifs is 24. The zero-order chi connectivity index (χ0) is 88.8. The van der Waals surface area contributed by atoms with E-state index in [-0.39, 0.29) is 6.17 Å². The summed E-state index contributed by atoms with van der Waals surface area (Å²) < 4.78 is 0. The molecule has 4 nitrogen and oxygen atoms in total. The summed E-state index contributed by atoms with van der Waals surface area (Å²) in [5.74, 6) is 0. The Morgan fingerprint density at radius 2 is 0.602 bits per heavy atom. The molecular weight excluding hydrogens is 1620 g/mol. The lowest BCUT2D eigenvalue weighted by atomic mass is 9.67. The van der Waals surface area contributed by atoms with Crippen molar-refractivity contribution in [3.63, 3.8) is 0 Å². The van der Waals surface area contributed by atoms with Gasteiger partial charge in [-0.05, 0) is 256 Å². The van der Waals surface area contributed by atoms with Gasteiger partial charge in [-0.25, -0.2) is 6.57 Å².